The van der Waals surface area contributed by atoms with Crippen LogP contribution >= 0.6 is 11.6 Å². The van der Waals surface area contributed by atoms with Crippen LogP contribution in [0.5, 0.6) is 17.2 Å². The fraction of sp³-hybridized carbons (Fsp3) is 0.300. The summed E-state index contributed by atoms with van der Waals surface area (Å²) in [6, 6.07) is 11.7. The van der Waals surface area contributed by atoms with E-state index in [1.807, 2.05) is 41.1 Å². The normalized spacial score (nSPS) is 18.1. The van der Waals surface area contributed by atoms with Gasteiger partial charge in [0, 0.05) is 10.6 Å². The lowest BCUT2D eigenvalue weighted by Crippen LogP contribution is -2.28. The van der Waals surface area contributed by atoms with Crippen LogP contribution in [0.15, 0.2) is 42.7 Å². The van der Waals surface area contributed by atoms with Gasteiger partial charge in [0.2, 0.25) is 11.7 Å². The minimum atomic E-state index is -0.0887. The van der Waals surface area contributed by atoms with E-state index in [9.17, 15) is 0 Å². The summed E-state index contributed by atoms with van der Waals surface area (Å²) in [4.78, 5) is 4.38. The first kappa shape index (κ1) is 18.4. The van der Waals surface area contributed by atoms with E-state index in [0.717, 1.165) is 17.5 Å². The van der Waals surface area contributed by atoms with E-state index in [1.165, 1.54) is 0 Å². The Morgan fingerprint density at radius 2 is 1.75 bits per heavy atom. The number of rotatable bonds is 5. The van der Waals surface area contributed by atoms with Crippen LogP contribution in [0.1, 0.15) is 29.6 Å². The maximum Gasteiger partial charge on any atom is 0.222 e. The van der Waals surface area contributed by atoms with E-state index >= 15 is 0 Å². The first-order chi connectivity index (χ1) is 13.7. The predicted molar refractivity (Wildman–Crippen MR) is 107 cm³/mol. The van der Waals surface area contributed by atoms with Crippen molar-refractivity contribution < 1.29 is 14.2 Å². The van der Waals surface area contributed by atoms with Crippen LogP contribution in [0.4, 0.5) is 5.95 Å². The third-order valence-electron chi connectivity index (χ3n) is 5.00. The summed E-state index contributed by atoms with van der Waals surface area (Å²) < 4.78 is 18.5. The lowest BCUT2D eigenvalue weighted by Gasteiger charge is -2.32. The number of hydrogen-bond donors (Lipinski definition) is 1. The van der Waals surface area contributed by atoms with Crippen LogP contribution in [0.2, 0.25) is 5.02 Å². The Bertz CT molecular complexity index is 974. The Morgan fingerprint density at radius 3 is 2.43 bits per heavy atom. The van der Waals surface area contributed by atoms with Gasteiger partial charge in [0.25, 0.3) is 0 Å². The van der Waals surface area contributed by atoms with Crippen LogP contribution in [-0.2, 0) is 0 Å². The third kappa shape index (κ3) is 3.11. The van der Waals surface area contributed by atoms with Gasteiger partial charge in [-0.15, -0.1) is 0 Å². The summed E-state index contributed by atoms with van der Waals surface area (Å²) in [6.07, 6.45) is 2.30. The molecule has 0 aliphatic carbocycles. The van der Waals surface area contributed by atoms with Crippen molar-refractivity contribution in [1.82, 2.24) is 14.8 Å². The van der Waals surface area contributed by atoms with Crippen molar-refractivity contribution in [3.05, 3.63) is 58.9 Å². The molecule has 1 aliphatic heterocycles. The molecule has 28 heavy (non-hydrogen) atoms. The molecule has 0 radical (unpaired) electrons. The molecule has 1 aromatic heterocycles. The number of halogens is 1. The molecule has 7 nitrogen and oxygen atoms in total. The Balaban J connectivity index is 1.80. The Morgan fingerprint density at radius 1 is 1.00 bits per heavy atom. The molecule has 0 saturated carbocycles. The first-order valence-corrected chi connectivity index (χ1v) is 9.24. The van der Waals surface area contributed by atoms with Crippen molar-refractivity contribution in [3.8, 4) is 17.2 Å². The maximum absolute atomic E-state index is 6.05. The van der Waals surface area contributed by atoms with E-state index in [0.29, 0.717) is 28.2 Å². The molecule has 8 heteroatoms. The number of aromatic nitrogens is 3. The summed E-state index contributed by atoms with van der Waals surface area (Å²) >= 11 is 6.05. The molecule has 0 spiro atoms. The lowest BCUT2D eigenvalue weighted by atomic mass is 9.92. The highest BCUT2D eigenvalue weighted by Gasteiger charge is 2.33. The van der Waals surface area contributed by atoms with Crippen molar-refractivity contribution >= 4 is 17.5 Å². The van der Waals surface area contributed by atoms with Crippen LogP contribution in [0.25, 0.3) is 0 Å². The standard InChI is InChI=1S/C20H21ClN4O3/c1-26-17-9-8-14(18(27-2)19(17)28-3)16-10-15(12-4-6-13(21)7-5-12)24-20-22-11-23-25(16)20/h4-9,11,15-16H,10H2,1-3H3,(H,22,23,24)/t15-,16+/m1/s1. The average molecular weight is 401 g/mol. The highest BCUT2D eigenvalue weighted by atomic mass is 35.5. The molecule has 1 N–H and O–H groups in total. The van der Waals surface area contributed by atoms with E-state index < -0.39 is 0 Å². The van der Waals surface area contributed by atoms with Gasteiger partial charge in [-0.3, -0.25) is 0 Å². The molecule has 1 aliphatic rings. The molecule has 0 fully saturated rings. The summed E-state index contributed by atoms with van der Waals surface area (Å²) in [5.41, 5.74) is 2.08. The maximum atomic E-state index is 6.05. The van der Waals surface area contributed by atoms with E-state index in [2.05, 4.69) is 15.4 Å². The van der Waals surface area contributed by atoms with E-state index in [-0.39, 0.29) is 12.1 Å². The molecular weight excluding hydrogens is 380 g/mol. The van der Waals surface area contributed by atoms with Crippen molar-refractivity contribution in [1.29, 1.82) is 0 Å². The first-order valence-electron chi connectivity index (χ1n) is 8.86. The van der Waals surface area contributed by atoms with Gasteiger partial charge in [-0.1, -0.05) is 23.7 Å². The Hall–Kier alpha value is -2.93. The quantitative estimate of drug-likeness (QED) is 0.695. The smallest absolute Gasteiger partial charge is 0.222 e. The summed E-state index contributed by atoms with van der Waals surface area (Å²) in [6.45, 7) is 0. The van der Waals surface area contributed by atoms with Crippen LogP contribution in [-0.4, -0.2) is 36.1 Å². The second-order valence-corrected chi connectivity index (χ2v) is 6.89. The highest BCUT2D eigenvalue weighted by molar-refractivity contribution is 6.30. The number of nitrogens with zero attached hydrogens (tertiary/aromatic N) is 3. The molecule has 0 bridgehead atoms. The average Bonchev–Trinajstić information content (AvgIpc) is 3.21. The van der Waals surface area contributed by atoms with Crippen LogP contribution < -0.4 is 19.5 Å². The second-order valence-electron chi connectivity index (χ2n) is 6.45. The minimum absolute atomic E-state index is 0.0526. The number of ether oxygens (including phenoxy) is 3. The molecule has 3 aromatic rings. The number of fused-ring (bicyclic) bond motifs is 1. The zero-order chi connectivity index (χ0) is 19.7. The van der Waals surface area contributed by atoms with Crippen molar-refractivity contribution in [3.63, 3.8) is 0 Å². The van der Waals surface area contributed by atoms with Gasteiger partial charge in [-0.05, 0) is 36.2 Å². The largest absolute Gasteiger partial charge is 0.493 e. The highest BCUT2D eigenvalue weighted by Crippen LogP contribution is 2.46. The summed E-state index contributed by atoms with van der Waals surface area (Å²) in [7, 11) is 4.83. The SMILES string of the molecule is COc1ccc([C@@H]2C[C@H](c3ccc(Cl)cc3)Nc3ncnn32)c(OC)c1OC. The Labute approximate surface area is 168 Å². The Kier molecular flexibility index (Phi) is 5.00. The number of hydrogen-bond acceptors (Lipinski definition) is 6. The lowest BCUT2D eigenvalue weighted by molar-refractivity contribution is 0.315. The molecule has 4 rings (SSSR count). The van der Waals surface area contributed by atoms with Gasteiger partial charge in [-0.25, -0.2) is 4.68 Å². The minimum Gasteiger partial charge on any atom is -0.493 e. The predicted octanol–water partition coefficient (Wildman–Crippen LogP) is 4.10. The third-order valence-corrected chi connectivity index (χ3v) is 5.25. The summed E-state index contributed by atoms with van der Waals surface area (Å²) in [5.74, 6) is 2.51. The molecule has 2 aromatic carbocycles. The van der Waals surface area contributed by atoms with Gasteiger partial charge in [0.1, 0.15) is 6.33 Å². The monoisotopic (exact) mass is 400 g/mol. The van der Waals surface area contributed by atoms with E-state index in [1.54, 1.807) is 27.7 Å². The van der Waals surface area contributed by atoms with Crippen molar-refractivity contribution in [2.75, 3.05) is 26.6 Å². The number of anilines is 1. The molecular formula is C20H21ClN4O3. The molecule has 0 unspecified atom stereocenters. The van der Waals surface area contributed by atoms with E-state index in [4.69, 9.17) is 25.8 Å². The summed E-state index contributed by atoms with van der Waals surface area (Å²) in [5, 5.41) is 8.58. The number of nitrogens with one attached hydrogen (secondary N) is 1. The number of benzene rings is 2. The molecule has 2 atom stereocenters. The van der Waals surface area contributed by atoms with Gasteiger partial charge in [0.05, 0.1) is 33.4 Å². The second kappa shape index (κ2) is 7.59. The van der Waals surface area contributed by atoms with Gasteiger partial charge < -0.3 is 19.5 Å². The van der Waals surface area contributed by atoms with Crippen molar-refractivity contribution in [2.45, 2.75) is 18.5 Å². The molecule has 0 amide bonds. The zero-order valence-corrected chi connectivity index (χ0v) is 16.6. The fourth-order valence-electron chi connectivity index (χ4n) is 3.68. The fourth-order valence-corrected chi connectivity index (χ4v) is 3.81. The molecule has 146 valence electrons. The topological polar surface area (TPSA) is 70.4 Å². The van der Waals surface area contributed by atoms with Gasteiger partial charge >= 0.3 is 0 Å². The van der Waals surface area contributed by atoms with Crippen LogP contribution in [0.3, 0.4) is 0 Å². The van der Waals surface area contributed by atoms with Crippen molar-refractivity contribution in [2.24, 2.45) is 0 Å². The zero-order valence-electron chi connectivity index (χ0n) is 15.8. The van der Waals surface area contributed by atoms with Gasteiger partial charge in [-0.2, -0.15) is 10.1 Å². The van der Waals surface area contributed by atoms with Crippen LogP contribution in [0, 0.1) is 0 Å². The van der Waals surface area contributed by atoms with Gasteiger partial charge in [0.15, 0.2) is 11.5 Å². The number of methoxy groups -OCH3 is 3. The molecule has 2 heterocycles. The molecule has 0 saturated heterocycles.